The fraction of sp³-hybridized carbons (Fsp3) is 0.857. The van der Waals surface area contributed by atoms with Crippen LogP contribution in [-0.4, -0.2) is 18.6 Å². The van der Waals surface area contributed by atoms with Gasteiger partial charge >= 0.3 is 0 Å². The van der Waals surface area contributed by atoms with Gasteiger partial charge in [-0.25, -0.2) is 0 Å². The van der Waals surface area contributed by atoms with Crippen molar-refractivity contribution >= 4 is 0 Å². The zero-order valence-corrected chi connectivity index (χ0v) is 7.41. The van der Waals surface area contributed by atoms with Gasteiger partial charge in [-0.3, -0.25) is 5.32 Å². The van der Waals surface area contributed by atoms with Crippen molar-refractivity contribution in [1.82, 2.24) is 5.32 Å². The first-order chi connectivity index (χ1) is 5.68. The Morgan fingerprint density at radius 3 is 2.83 bits per heavy atom. The average Bonchev–Trinajstić information content (AvgIpc) is 2.12. The van der Waals surface area contributed by atoms with E-state index in [1.165, 1.54) is 0 Å². The molecule has 0 rings (SSSR count). The van der Waals surface area contributed by atoms with Crippen molar-refractivity contribution in [3.05, 3.63) is 10.4 Å². The van der Waals surface area contributed by atoms with Gasteiger partial charge in [0, 0.05) is 18.0 Å². The van der Waals surface area contributed by atoms with Crippen LogP contribution in [0.2, 0.25) is 0 Å². The van der Waals surface area contributed by atoms with Crippen LogP contribution < -0.4 is 5.32 Å². The molecule has 12 heavy (non-hydrogen) atoms. The van der Waals surface area contributed by atoms with Gasteiger partial charge in [-0.15, -0.1) is 0 Å². The Bertz CT molecular complexity index is 212. The van der Waals surface area contributed by atoms with E-state index in [9.17, 15) is 0 Å². The number of nitrogens with zero attached hydrogens (tertiary/aromatic N) is 4. The first-order valence-electron chi connectivity index (χ1n) is 3.85. The first-order valence-corrected chi connectivity index (χ1v) is 3.85. The predicted octanol–water partition coefficient (Wildman–Crippen LogP) is 1.58. The predicted molar refractivity (Wildman–Crippen MR) is 46.3 cm³/mol. The molecule has 0 aliphatic rings. The lowest BCUT2D eigenvalue weighted by atomic mass is 10.0. The molecule has 0 aromatic heterocycles. The lowest BCUT2D eigenvalue weighted by Crippen LogP contribution is -2.41. The highest BCUT2D eigenvalue weighted by atomic mass is 15.1. The van der Waals surface area contributed by atoms with Crippen LogP contribution in [0.15, 0.2) is 5.11 Å². The van der Waals surface area contributed by atoms with E-state index in [1.807, 2.05) is 13.8 Å². The molecule has 66 valence electrons. The van der Waals surface area contributed by atoms with E-state index in [-0.39, 0.29) is 0 Å². The Labute approximate surface area is 72.0 Å². The van der Waals surface area contributed by atoms with Gasteiger partial charge in [-0.1, -0.05) is 12.0 Å². The van der Waals surface area contributed by atoms with Crippen molar-refractivity contribution in [1.29, 1.82) is 5.26 Å². The second kappa shape index (κ2) is 5.42. The maximum atomic E-state index is 8.73. The van der Waals surface area contributed by atoms with Gasteiger partial charge in [-0.2, -0.15) is 5.26 Å². The number of nitrogens with one attached hydrogen (secondary N) is 1. The summed E-state index contributed by atoms with van der Waals surface area (Å²) in [5.74, 6) is 0. The van der Waals surface area contributed by atoms with E-state index < -0.39 is 5.54 Å². The highest BCUT2D eigenvalue weighted by Crippen LogP contribution is 2.05. The molecule has 5 nitrogen and oxygen atoms in total. The van der Waals surface area contributed by atoms with Crippen LogP contribution in [0.4, 0.5) is 0 Å². The zero-order chi connectivity index (χ0) is 9.45. The van der Waals surface area contributed by atoms with Gasteiger partial charge < -0.3 is 0 Å². The van der Waals surface area contributed by atoms with Gasteiger partial charge in [0.25, 0.3) is 0 Å². The van der Waals surface area contributed by atoms with Crippen molar-refractivity contribution < 1.29 is 0 Å². The number of nitriles is 1. The Morgan fingerprint density at radius 1 is 1.75 bits per heavy atom. The summed E-state index contributed by atoms with van der Waals surface area (Å²) in [6, 6.07) is 2.16. The molecule has 0 amide bonds. The minimum Gasteiger partial charge on any atom is -0.299 e. The molecule has 0 aliphatic carbocycles. The Balaban J connectivity index is 3.75. The molecule has 0 spiro atoms. The summed E-state index contributed by atoms with van der Waals surface area (Å²) in [4.78, 5) is 2.61. The van der Waals surface area contributed by atoms with Gasteiger partial charge in [0.2, 0.25) is 0 Å². The molecule has 0 fully saturated rings. The van der Waals surface area contributed by atoms with E-state index >= 15 is 0 Å². The van der Waals surface area contributed by atoms with E-state index in [1.54, 1.807) is 0 Å². The summed E-state index contributed by atoms with van der Waals surface area (Å²) < 4.78 is 0. The normalized spacial score (nSPS) is 14.1. The largest absolute Gasteiger partial charge is 0.299 e. The van der Waals surface area contributed by atoms with Crippen molar-refractivity contribution in [3.8, 4) is 6.07 Å². The van der Waals surface area contributed by atoms with Crippen LogP contribution >= 0.6 is 0 Å². The first kappa shape index (κ1) is 10.8. The Hall–Kier alpha value is -1.24. The van der Waals surface area contributed by atoms with Gasteiger partial charge in [0.05, 0.1) is 6.07 Å². The number of hydrogen-bond acceptors (Lipinski definition) is 3. The number of rotatable bonds is 5. The Kier molecular flexibility index (Phi) is 4.86. The average molecular weight is 167 g/mol. The smallest absolute Gasteiger partial charge is 0.103 e. The second-order valence-corrected chi connectivity index (χ2v) is 2.68. The maximum Gasteiger partial charge on any atom is 0.103 e. The van der Waals surface area contributed by atoms with Gasteiger partial charge in [0.15, 0.2) is 0 Å². The number of hydrogen-bond donors (Lipinski definition) is 1. The van der Waals surface area contributed by atoms with Crippen molar-refractivity contribution in [3.63, 3.8) is 0 Å². The molecule has 0 aromatic carbocycles. The molecular formula is C7H13N5. The van der Waals surface area contributed by atoms with E-state index in [0.29, 0.717) is 13.1 Å². The standard InChI is InChI=1S/C7H13N5/c1-3-7(2,6-8)10-4-5-11-12-9/h10H,3-5H2,1-2H3. The molecule has 5 heteroatoms. The van der Waals surface area contributed by atoms with Crippen molar-refractivity contribution in [2.24, 2.45) is 5.11 Å². The van der Waals surface area contributed by atoms with E-state index in [0.717, 1.165) is 6.42 Å². The fourth-order valence-corrected chi connectivity index (χ4v) is 0.670. The van der Waals surface area contributed by atoms with Gasteiger partial charge in [-0.05, 0) is 18.9 Å². The molecule has 0 saturated heterocycles. The topological polar surface area (TPSA) is 84.6 Å². The highest BCUT2D eigenvalue weighted by molar-refractivity contribution is 5.02. The van der Waals surface area contributed by atoms with Crippen molar-refractivity contribution in [2.45, 2.75) is 25.8 Å². The molecule has 0 aliphatic heterocycles. The zero-order valence-electron chi connectivity index (χ0n) is 7.41. The molecule has 0 heterocycles. The quantitative estimate of drug-likeness (QED) is 0.292. The monoisotopic (exact) mass is 167 g/mol. The molecule has 0 aromatic rings. The fourth-order valence-electron chi connectivity index (χ4n) is 0.670. The van der Waals surface area contributed by atoms with Crippen LogP contribution in [0.1, 0.15) is 20.3 Å². The molecule has 0 bridgehead atoms. The van der Waals surface area contributed by atoms with E-state index in [2.05, 4.69) is 21.4 Å². The molecule has 1 atom stereocenters. The van der Waals surface area contributed by atoms with Crippen LogP contribution in [0.25, 0.3) is 10.4 Å². The summed E-state index contributed by atoms with van der Waals surface area (Å²) in [6.45, 7) is 4.68. The van der Waals surface area contributed by atoms with Crippen molar-refractivity contribution in [2.75, 3.05) is 13.1 Å². The molecule has 1 N–H and O–H groups in total. The molecule has 1 unspecified atom stereocenters. The summed E-state index contributed by atoms with van der Waals surface area (Å²) >= 11 is 0. The third-order valence-electron chi connectivity index (χ3n) is 1.74. The van der Waals surface area contributed by atoms with E-state index in [4.69, 9.17) is 10.8 Å². The highest BCUT2D eigenvalue weighted by Gasteiger charge is 2.18. The summed E-state index contributed by atoms with van der Waals surface area (Å²) in [7, 11) is 0. The lowest BCUT2D eigenvalue weighted by Gasteiger charge is -2.20. The third kappa shape index (κ3) is 3.81. The molecule has 0 radical (unpaired) electrons. The molecular weight excluding hydrogens is 154 g/mol. The summed E-state index contributed by atoms with van der Waals surface area (Å²) in [6.07, 6.45) is 0.736. The summed E-state index contributed by atoms with van der Waals surface area (Å²) in [5, 5.41) is 15.1. The van der Waals surface area contributed by atoms with Crippen LogP contribution in [0.5, 0.6) is 0 Å². The second-order valence-electron chi connectivity index (χ2n) is 2.68. The minimum atomic E-state index is -0.495. The van der Waals surface area contributed by atoms with Gasteiger partial charge in [0.1, 0.15) is 5.54 Å². The maximum absolute atomic E-state index is 8.73. The number of azide groups is 1. The minimum absolute atomic E-state index is 0.383. The molecule has 0 saturated carbocycles. The summed E-state index contributed by atoms with van der Waals surface area (Å²) in [5.41, 5.74) is 7.48. The van der Waals surface area contributed by atoms with Crippen LogP contribution in [0.3, 0.4) is 0 Å². The lowest BCUT2D eigenvalue weighted by molar-refractivity contribution is 0.440. The third-order valence-corrected chi connectivity index (χ3v) is 1.74. The SMILES string of the molecule is CCC(C)(C#N)NCCN=[N+]=[N-]. The van der Waals surface area contributed by atoms with Crippen LogP contribution in [-0.2, 0) is 0 Å². The Morgan fingerprint density at radius 2 is 2.42 bits per heavy atom. The van der Waals surface area contributed by atoms with Crippen LogP contribution in [0, 0.1) is 11.3 Å².